The van der Waals surface area contributed by atoms with Gasteiger partial charge < -0.3 is 10.1 Å². The zero-order valence-electron chi connectivity index (χ0n) is 7.03. The van der Waals surface area contributed by atoms with Crippen molar-refractivity contribution in [3.8, 4) is 5.88 Å². The van der Waals surface area contributed by atoms with Gasteiger partial charge >= 0.3 is 0 Å². The normalized spacial score (nSPS) is 13.8. The fraction of sp³-hybridized carbons (Fsp3) is 0.375. The zero-order valence-corrected chi connectivity index (χ0v) is 8.66. The van der Waals surface area contributed by atoms with Crippen molar-refractivity contribution in [2.24, 2.45) is 0 Å². The standard InChI is InChI=1S/C8H10N2O.2ClH/c1-2-7-6-9-4-5-11-8(7)10-3-1;;/h1-3,9H,4-6H2;2*1H. The van der Waals surface area contributed by atoms with Crippen LogP contribution in [0.25, 0.3) is 0 Å². The van der Waals surface area contributed by atoms with Gasteiger partial charge in [0, 0.05) is 24.8 Å². The molecule has 5 heteroatoms. The first-order valence-corrected chi connectivity index (χ1v) is 3.74. The molecule has 0 saturated carbocycles. The first-order valence-electron chi connectivity index (χ1n) is 3.74. The molecule has 0 radical (unpaired) electrons. The molecule has 0 amide bonds. The molecule has 1 aliphatic rings. The molecule has 3 nitrogen and oxygen atoms in total. The number of pyridine rings is 1. The van der Waals surface area contributed by atoms with Crippen molar-refractivity contribution in [1.82, 2.24) is 10.3 Å². The molecule has 2 rings (SSSR count). The SMILES string of the molecule is Cl.Cl.c1cnc2c(c1)CNCCO2. The second-order valence-electron chi connectivity index (χ2n) is 2.49. The minimum absolute atomic E-state index is 0. The third kappa shape index (κ3) is 3.03. The van der Waals surface area contributed by atoms with Crippen molar-refractivity contribution >= 4 is 24.8 Å². The van der Waals surface area contributed by atoms with E-state index in [1.807, 2.05) is 12.1 Å². The van der Waals surface area contributed by atoms with Crippen molar-refractivity contribution in [3.63, 3.8) is 0 Å². The summed E-state index contributed by atoms with van der Waals surface area (Å²) in [6, 6.07) is 3.95. The van der Waals surface area contributed by atoms with Gasteiger partial charge in [0.1, 0.15) is 6.61 Å². The maximum Gasteiger partial charge on any atom is 0.217 e. The first-order chi connectivity index (χ1) is 5.47. The summed E-state index contributed by atoms with van der Waals surface area (Å²) in [6.07, 6.45) is 1.75. The molecule has 0 unspecified atom stereocenters. The lowest BCUT2D eigenvalue weighted by atomic mass is 10.3. The maximum atomic E-state index is 5.37. The molecule has 0 saturated heterocycles. The van der Waals surface area contributed by atoms with Gasteiger partial charge in [0.15, 0.2) is 0 Å². The summed E-state index contributed by atoms with van der Waals surface area (Å²) in [5.74, 6) is 0.775. The number of nitrogens with one attached hydrogen (secondary N) is 1. The Morgan fingerprint density at radius 3 is 3.08 bits per heavy atom. The van der Waals surface area contributed by atoms with Crippen molar-refractivity contribution in [2.75, 3.05) is 13.2 Å². The van der Waals surface area contributed by atoms with Crippen LogP contribution in [-0.4, -0.2) is 18.1 Å². The summed E-state index contributed by atoms with van der Waals surface area (Å²) in [6.45, 7) is 2.48. The van der Waals surface area contributed by atoms with Crippen LogP contribution in [0.5, 0.6) is 5.88 Å². The topological polar surface area (TPSA) is 34.2 Å². The highest BCUT2D eigenvalue weighted by molar-refractivity contribution is 5.85. The van der Waals surface area contributed by atoms with E-state index in [9.17, 15) is 0 Å². The number of halogens is 2. The summed E-state index contributed by atoms with van der Waals surface area (Å²) >= 11 is 0. The van der Waals surface area contributed by atoms with Crippen molar-refractivity contribution in [2.45, 2.75) is 6.54 Å². The van der Waals surface area contributed by atoms with E-state index >= 15 is 0 Å². The Morgan fingerprint density at radius 2 is 2.23 bits per heavy atom. The van der Waals surface area contributed by atoms with Gasteiger partial charge in [0.25, 0.3) is 0 Å². The number of ether oxygens (including phenoxy) is 1. The fourth-order valence-corrected chi connectivity index (χ4v) is 1.13. The molecule has 1 aromatic heterocycles. The van der Waals surface area contributed by atoms with Crippen LogP contribution in [-0.2, 0) is 6.54 Å². The molecular formula is C8H12Cl2N2O. The highest BCUT2D eigenvalue weighted by Crippen LogP contribution is 2.14. The Labute approximate surface area is 89.7 Å². The number of nitrogens with zero attached hydrogens (tertiary/aromatic N) is 1. The van der Waals surface area contributed by atoms with Crippen LogP contribution in [0.3, 0.4) is 0 Å². The monoisotopic (exact) mass is 222 g/mol. The quantitative estimate of drug-likeness (QED) is 0.721. The van der Waals surface area contributed by atoms with Gasteiger partial charge in [-0.3, -0.25) is 0 Å². The van der Waals surface area contributed by atoms with Gasteiger partial charge in [-0.05, 0) is 6.07 Å². The van der Waals surface area contributed by atoms with Crippen LogP contribution in [0.1, 0.15) is 5.56 Å². The number of hydrogen-bond donors (Lipinski definition) is 1. The third-order valence-corrected chi connectivity index (χ3v) is 1.68. The second-order valence-corrected chi connectivity index (χ2v) is 2.49. The van der Waals surface area contributed by atoms with E-state index in [4.69, 9.17) is 4.74 Å². The van der Waals surface area contributed by atoms with E-state index < -0.39 is 0 Å². The van der Waals surface area contributed by atoms with E-state index in [0.29, 0.717) is 6.61 Å². The summed E-state index contributed by atoms with van der Waals surface area (Å²) in [5.41, 5.74) is 1.14. The molecule has 0 fully saturated rings. The first kappa shape index (κ1) is 12.5. The van der Waals surface area contributed by atoms with Crippen LogP contribution in [0.4, 0.5) is 0 Å². The average Bonchev–Trinajstić information content (AvgIpc) is 2.28. The Kier molecular flexibility index (Phi) is 5.79. The third-order valence-electron chi connectivity index (χ3n) is 1.68. The number of hydrogen-bond acceptors (Lipinski definition) is 3. The minimum Gasteiger partial charge on any atom is -0.476 e. The Bertz CT molecular complexity index is 233. The summed E-state index contributed by atoms with van der Waals surface area (Å²) in [4.78, 5) is 4.12. The predicted octanol–water partition coefficient (Wildman–Crippen LogP) is 1.41. The van der Waals surface area contributed by atoms with Crippen molar-refractivity contribution in [1.29, 1.82) is 0 Å². The molecular weight excluding hydrogens is 211 g/mol. The largest absolute Gasteiger partial charge is 0.476 e. The van der Waals surface area contributed by atoms with Crippen LogP contribution in [0, 0.1) is 0 Å². The van der Waals surface area contributed by atoms with E-state index in [2.05, 4.69) is 10.3 Å². The molecule has 1 aliphatic heterocycles. The minimum atomic E-state index is 0. The lowest BCUT2D eigenvalue weighted by molar-refractivity contribution is 0.314. The lowest BCUT2D eigenvalue weighted by Crippen LogP contribution is -2.16. The molecule has 2 heterocycles. The van der Waals surface area contributed by atoms with E-state index in [0.717, 1.165) is 24.5 Å². The van der Waals surface area contributed by atoms with Crippen molar-refractivity contribution in [3.05, 3.63) is 23.9 Å². The molecule has 0 spiro atoms. The number of aromatic nitrogens is 1. The highest BCUT2D eigenvalue weighted by atomic mass is 35.5. The van der Waals surface area contributed by atoms with Crippen LogP contribution in [0.15, 0.2) is 18.3 Å². The van der Waals surface area contributed by atoms with Crippen LogP contribution < -0.4 is 10.1 Å². The Hall–Kier alpha value is -0.510. The Balaban J connectivity index is 0.000000720. The smallest absolute Gasteiger partial charge is 0.217 e. The molecule has 0 bridgehead atoms. The van der Waals surface area contributed by atoms with Gasteiger partial charge in [-0.15, -0.1) is 24.8 Å². The molecule has 0 atom stereocenters. The number of rotatable bonds is 0. The Morgan fingerprint density at radius 1 is 1.38 bits per heavy atom. The zero-order chi connectivity index (χ0) is 7.52. The summed E-state index contributed by atoms with van der Waals surface area (Å²) in [7, 11) is 0. The van der Waals surface area contributed by atoms with Crippen LogP contribution in [0.2, 0.25) is 0 Å². The molecule has 74 valence electrons. The van der Waals surface area contributed by atoms with Gasteiger partial charge in [-0.1, -0.05) is 6.07 Å². The molecule has 1 N–H and O–H groups in total. The number of fused-ring (bicyclic) bond motifs is 1. The van der Waals surface area contributed by atoms with Gasteiger partial charge in [0.05, 0.1) is 0 Å². The molecule has 0 aliphatic carbocycles. The molecule has 0 aromatic carbocycles. The molecule has 13 heavy (non-hydrogen) atoms. The second kappa shape index (κ2) is 6.02. The maximum absolute atomic E-state index is 5.37. The van der Waals surface area contributed by atoms with Gasteiger partial charge in [-0.25, -0.2) is 4.98 Å². The van der Waals surface area contributed by atoms with E-state index in [1.165, 1.54) is 0 Å². The van der Waals surface area contributed by atoms with E-state index in [-0.39, 0.29) is 24.8 Å². The highest BCUT2D eigenvalue weighted by Gasteiger charge is 2.06. The summed E-state index contributed by atoms with van der Waals surface area (Å²) < 4.78 is 5.37. The van der Waals surface area contributed by atoms with Crippen molar-refractivity contribution < 1.29 is 4.74 Å². The van der Waals surface area contributed by atoms with Gasteiger partial charge in [-0.2, -0.15) is 0 Å². The van der Waals surface area contributed by atoms with Crippen LogP contribution >= 0.6 is 24.8 Å². The lowest BCUT2D eigenvalue weighted by Gasteiger charge is -2.02. The van der Waals surface area contributed by atoms with Gasteiger partial charge in [0.2, 0.25) is 5.88 Å². The predicted molar refractivity (Wildman–Crippen MR) is 55.9 cm³/mol. The molecule has 1 aromatic rings. The average molecular weight is 223 g/mol. The van der Waals surface area contributed by atoms with E-state index in [1.54, 1.807) is 6.20 Å². The fourth-order valence-electron chi connectivity index (χ4n) is 1.13. The summed E-state index contributed by atoms with van der Waals surface area (Å²) in [5, 5.41) is 3.24.